The van der Waals surface area contributed by atoms with Gasteiger partial charge in [0.15, 0.2) is 11.1 Å². The van der Waals surface area contributed by atoms with E-state index in [2.05, 4.69) is 0 Å². The molecule has 2 unspecified atom stereocenters. The van der Waals surface area contributed by atoms with Crippen molar-refractivity contribution in [3.05, 3.63) is 0 Å². The molecule has 2 aliphatic rings. The third kappa shape index (κ3) is 5.22. The Morgan fingerprint density at radius 2 is 1.48 bits per heavy atom. The molecule has 2 rings (SSSR count). The lowest BCUT2D eigenvalue weighted by Crippen LogP contribution is -2.22. The van der Waals surface area contributed by atoms with Crippen molar-refractivity contribution in [2.24, 2.45) is 0 Å². The number of rotatable bonds is 12. The van der Waals surface area contributed by atoms with Gasteiger partial charge in [0, 0.05) is 0 Å². The van der Waals surface area contributed by atoms with Crippen LogP contribution in [-0.4, -0.2) is 42.4 Å². The summed E-state index contributed by atoms with van der Waals surface area (Å²) in [6, 6.07) is 0. The van der Waals surface area contributed by atoms with E-state index in [0.717, 1.165) is 38.5 Å². The van der Waals surface area contributed by atoms with E-state index in [4.69, 9.17) is 4.55 Å². The maximum absolute atomic E-state index is 11.2. The summed E-state index contributed by atoms with van der Waals surface area (Å²) in [4.78, 5) is 0. The Kier molecular flexibility index (Phi) is 6.27. The second-order valence-electron chi connectivity index (χ2n) is 7.24. The zero-order valence-electron chi connectivity index (χ0n) is 13.4. The maximum Gasteiger partial charge on any atom is 0.270 e. The zero-order chi connectivity index (χ0) is 17.1. The Hall–Kier alpha value is -0.0200. The normalized spacial score (nSPS) is 24.1. The Bertz CT molecular complexity index is 522. The first-order chi connectivity index (χ1) is 10.7. The smallest absolute Gasteiger partial charge is 0.270 e. The molecule has 0 aromatic heterocycles. The second kappa shape index (κ2) is 7.47. The van der Waals surface area contributed by atoms with Crippen molar-refractivity contribution in [1.82, 2.24) is 0 Å². The fraction of sp³-hybridized carbons (Fsp3) is 1.00. The summed E-state index contributed by atoms with van der Waals surface area (Å²) in [5.41, 5.74) is 0. The van der Waals surface area contributed by atoms with Crippen LogP contribution < -0.4 is 0 Å². The third-order valence-electron chi connectivity index (χ3n) is 5.37. The predicted molar refractivity (Wildman–Crippen MR) is 89.2 cm³/mol. The first-order valence-corrected chi connectivity index (χ1v) is 11.0. The molecule has 0 heterocycles. The fourth-order valence-electron chi connectivity index (χ4n) is 3.23. The zero-order valence-corrected chi connectivity index (χ0v) is 15.1. The lowest BCUT2D eigenvalue weighted by molar-refractivity contribution is 0.147. The summed E-state index contributed by atoms with van der Waals surface area (Å²) in [7, 11) is -3.93. The lowest BCUT2D eigenvalue weighted by atomic mass is 10.0. The van der Waals surface area contributed by atoms with Gasteiger partial charge in [0.2, 0.25) is 0 Å². The van der Waals surface area contributed by atoms with Crippen molar-refractivity contribution in [2.75, 3.05) is 0 Å². The van der Waals surface area contributed by atoms with Gasteiger partial charge in [0.25, 0.3) is 10.1 Å². The van der Waals surface area contributed by atoms with E-state index in [-0.39, 0.29) is 4.75 Å². The largest absolute Gasteiger partial charge is 0.393 e. The van der Waals surface area contributed by atoms with Crippen LogP contribution in [0.1, 0.15) is 77.0 Å². The van der Waals surface area contributed by atoms with Crippen LogP contribution in [0.3, 0.4) is 0 Å². The van der Waals surface area contributed by atoms with Crippen molar-refractivity contribution in [2.45, 2.75) is 92.6 Å². The monoisotopic (exact) mass is 368 g/mol. The summed E-state index contributed by atoms with van der Waals surface area (Å²) in [5, 5.41) is 9.93. The standard InChI is InChI=1S/C15H28O6S2/c16-13(5-1-3-7-14(9-10-14)22(17)18)6-2-4-8-15(11-12-15)23(19,20)21/h13,16H,1-12H2,(H,17,18)(H,19,20,21). The van der Waals surface area contributed by atoms with E-state index in [9.17, 15) is 22.3 Å². The number of unbranched alkanes of at least 4 members (excludes halogenated alkanes) is 2. The molecule has 0 spiro atoms. The maximum atomic E-state index is 11.2. The molecule has 0 amide bonds. The molecule has 2 atom stereocenters. The molecular weight excluding hydrogens is 340 g/mol. The first kappa shape index (κ1) is 19.3. The molecule has 0 aliphatic heterocycles. The SMILES string of the molecule is O=S(O)C1(CCCCC(O)CCCCC2(S(=O)(=O)O)CC2)CC1. The lowest BCUT2D eigenvalue weighted by Gasteiger charge is -2.14. The number of hydrogen-bond donors (Lipinski definition) is 3. The minimum atomic E-state index is -3.93. The molecule has 2 saturated carbocycles. The van der Waals surface area contributed by atoms with Crippen LogP contribution in [0.4, 0.5) is 0 Å². The van der Waals surface area contributed by atoms with Crippen LogP contribution in [0.25, 0.3) is 0 Å². The topological polar surface area (TPSA) is 112 Å². The van der Waals surface area contributed by atoms with Crippen LogP contribution >= 0.6 is 0 Å². The van der Waals surface area contributed by atoms with Gasteiger partial charge in [-0.15, -0.1) is 0 Å². The van der Waals surface area contributed by atoms with Crippen molar-refractivity contribution in [1.29, 1.82) is 0 Å². The number of aliphatic hydroxyl groups excluding tert-OH is 1. The highest BCUT2D eigenvalue weighted by atomic mass is 32.2. The van der Waals surface area contributed by atoms with Crippen molar-refractivity contribution < 1.29 is 26.8 Å². The molecule has 2 fully saturated rings. The van der Waals surface area contributed by atoms with Crippen LogP contribution in [-0.2, 0) is 21.2 Å². The number of hydrogen-bond acceptors (Lipinski definition) is 4. The van der Waals surface area contributed by atoms with Crippen molar-refractivity contribution in [3.8, 4) is 0 Å². The molecule has 0 radical (unpaired) electrons. The first-order valence-electron chi connectivity index (χ1n) is 8.47. The van der Waals surface area contributed by atoms with Gasteiger partial charge in [-0.25, -0.2) is 4.21 Å². The quantitative estimate of drug-likeness (QED) is 0.277. The van der Waals surface area contributed by atoms with Gasteiger partial charge >= 0.3 is 0 Å². The predicted octanol–water partition coefficient (Wildman–Crippen LogP) is 2.64. The molecular formula is C15H28O6S2. The average molecular weight is 369 g/mol. The molecule has 2 aliphatic carbocycles. The molecule has 0 aromatic rings. The summed E-state index contributed by atoms with van der Waals surface area (Å²) in [6.45, 7) is 0. The van der Waals surface area contributed by atoms with E-state index >= 15 is 0 Å². The molecule has 23 heavy (non-hydrogen) atoms. The minimum Gasteiger partial charge on any atom is -0.393 e. The molecule has 3 N–H and O–H groups in total. The summed E-state index contributed by atoms with van der Waals surface area (Å²) >= 11 is -1.73. The van der Waals surface area contributed by atoms with E-state index in [1.165, 1.54) is 0 Å². The Labute approximate surface area is 141 Å². The van der Waals surface area contributed by atoms with Crippen LogP contribution in [0.15, 0.2) is 0 Å². The number of aliphatic hydroxyl groups is 1. The van der Waals surface area contributed by atoms with Crippen LogP contribution in [0, 0.1) is 0 Å². The molecule has 0 saturated heterocycles. The van der Waals surface area contributed by atoms with E-state index in [1.54, 1.807) is 0 Å². The van der Waals surface area contributed by atoms with Crippen LogP contribution in [0.5, 0.6) is 0 Å². The summed E-state index contributed by atoms with van der Waals surface area (Å²) in [6.07, 6.45) is 8.04. The third-order valence-corrected chi connectivity index (χ3v) is 8.43. The Morgan fingerprint density at radius 3 is 1.87 bits per heavy atom. The molecule has 136 valence electrons. The van der Waals surface area contributed by atoms with Gasteiger partial charge in [-0.1, -0.05) is 25.7 Å². The Balaban J connectivity index is 1.51. The van der Waals surface area contributed by atoms with E-state index in [1.807, 2.05) is 0 Å². The van der Waals surface area contributed by atoms with E-state index < -0.39 is 32.0 Å². The highest BCUT2D eigenvalue weighted by Crippen LogP contribution is 2.47. The fourth-order valence-corrected chi connectivity index (χ4v) is 5.02. The van der Waals surface area contributed by atoms with Gasteiger partial charge in [-0.3, -0.25) is 4.55 Å². The molecule has 6 nitrogen and oxygen atoms in total. The second-order valence-corrected chi connectivity index (χ2v) is 10.4. The van der Waals surface area contributed by atoms with Crippen LogP contribution in [0.2, 0.25) is 0 Å². The van der Waals surface area contributed by atoms with Gasteiger partial charge in [0.05, 0.1) is 15.6 Å². The van der Waals surface area contributed by atoms with Crippen molar-refractivity contribution >= 4 is 21.2 Å². The Morgan fingerprint density at radius 1 is 0.957 bits per heavy atom. The summed E-state index contributed by atoms with van der Waals surface area (Å²) < 4.78 is 50.7. The minimum absolute atomic E-state index is 0.362. The summed E-state index contributed by atoms with van der Waals surface area (Å²) in [5.74, 6) is 0. The van der Waals surface area contributed by atoms with Gasteiger partial charge in [-0.05, 0) is 51.4 Å². The van der Waals surface area contributed by atoms with E-state index in [0.29, 0.717) is 38.5 Å². The molecule has 0 bridgehead atoms. The average Bonchev–Trinajstić information content (AvgIpc) is 3.33. The van der Waals surface area contributed by atoms with Gasteiger partial charge < -0.3 is 9.66 Å². The highest BCUT2D eigenvalue weighted by Gasteiger charge is 2.53. The molecule has 0 aromatic carbocycles. The van der Waals surface area contributed by atoms with Gasteiger partial charge in [-0.2, -0.15) is 8.42 Å². The highest BCUT2D eigenvalue weighted by molar-refractivity contribution is 7.87. The van der Waals surface area contributed by atoms with Gasteiger partial charge in [0.1, 0.15) is 0 Å². The molecule has 8 heteroatoms. The van der Waals surface area contributed by atoms with Crippen molar-refractivity contribution in [3.63, 3.8) is 0 Å².